The van der Waals surface area contributed by atoms with E-state index in [0.29, 0.717) is 0 Å². The molecule has 1 heteroatoms. The number of benzene rings is 6. The van der Waals surface area contributed by atoms with Gasteiger partial charge in [0.1, 0.15) is 0 Å². The molecule has 6 rings (SSSR count). The third-order valence-electron chi connectivity index (χ3n) is 6.97. The smallest absolute Gasteiger partial charge is 0.0374 e. The van der Waals surface area contributed by atoms with Crippen molar-refractivity contribution in [1.82, 2.24) is 0 Å². The van der Waals surface area contributed by atoms with Crippen LogP contribution >= 0.6 is 0 Å². The molecular weight excluding hydrogens is 422 g/mol. The minimum Gasteiger partial charge on any atom is -0.398 e. The van der Waals surface area contributed by atoms with Gasteiger partial charge in [-0.25, -0.2) is 0 Å². The number of rotatable bonds is 3. The molecule has 1 nitrogen and oxygen atoms in total. The number of nitrogens with two attached hydrogens (primary N) is 1. The van der Waals surface area contributed by atoms with E-state index < -0.39 is 0 Å². The lowest BCUT2D eigenvalue weighted by atomic mass is 9.85. The number of hydrogen-bond donors (Lipinski definition) is 1. The molecule has 0 amide bonds. The number of hydrogen-bond acceptors (Lipinski definition) is 1. The van der Waals surface area contributed by atoms with Gasteiger partial charge in [0.25, 0.3) is 0 Å². The quantitative estimate of drug-likeness (QED) is 0.268. The highest BCUT2D eigenvalue weighted by atomic mass is 14.6. The van der Waals surface area contributed by atoms with Crippen molar-refractivity contribution in [3.05, 3.63) is 126 Å². The maximum atomic E-state index is 6.38. The monoisotopic (exact) mass is 449 g/mol. The average molecular weight is 450 g/mol. The van der Waals surface area contributed by atoms with Crippen molar-refractivity contribution < 1.29 is 0 Å². The van der Waals surface area contributed by atoms with Gasteiger partial charge in [0.2, 0.25) is 0 Å². The van der Waals surface area contributed by atoms with Crippen molar-refractivity contribution in [3.8, 4) is 22.3 Å². The first kappa shape index (κ1) is 21.2. The van der Waals surface area contributed by atoms with E-state index in [0.717, 1.165) is 16.8 Å². The summed E-state index contributed by atoms with van der Waals surface area (Å²) in [5, 5.41) is 7.50. The third kappa shape index (κ3) is 3.57. The van der Waals surface area contributed by atoms with Gasteiger partial charge in [0.15, 0.2) is 0 Å². The minimum atomic E-state index is 0.848. The second kappa shape index (κ2) is 8.45. The van der Waals surface area contributed by atoms with Gasteiger partial charge in [-0.05, 0) is 86.1 Å². The Morgan fingerprint density at radius 1 is 0.486 bits per heavy atom. The topological polar surface area (TPSA) is 26.0 Å². The van der Waals surface area contributed by atoms with Crippen molar-refractivity contribution in [3.63, 3.8) is 0 Å². The van der Waals surface area contributed by atoms with E-state index in [-0.39, 0.29) is 0 Å². The molecular formula is C34H27N. The van der Waals surface area contributed by atoms with Crippen molar-refractivity contribution in [1.29, 1.82) is 0 Å². The van der Waals surface area contributed by atoms with E-state index in [4.69, 9.17) is 5.73 Å². The summed E-state index contributed by atoms with van der Waals surface area (Å²) in [6.07, 6.45) is 0. The van der Waals surface area contributed by atoms with Crippen molar-refractivity contribution in [2.45, 2.75) is 13.8 Å². The molecule has 6 aromatic carbocycles. The van der Waals surface area contributed by atoms with E-state index >= 15 is 0 Å². The summed E-state index contributed by atoms with van der Waals surface area (Å²) < 4.78 is 0. The van der Waals surface area contributed by atoms with E-state index in [1.54, 1.807) is 0 Å². The third-order valence-corrected chi connectivity index (χ3v) is 6.97. The molecule has 0 aliphatic heterocycles. The normalized spacial score (nSPS) is 11.3. The molecule has 0 heterocycles. The van der Waals surface area contributed by atoms with E-state index in [1.807, 2.05) is 0 Å². The van der Waals surface area contributed by atoms with Gasteiger partial charge in [-0.3, -0.25) is 0 Å². The highest BCUT2D eigenvalue weighted by molar-refractivity contribution is 6.21. The first-order valence-corrected chi connectivity index (χ1v) is 12.1. The minimum absolute atomic E-state index is 0.848. The molecule has 0 radical (unpaired) electrons. The lowest BCUT2D eigenvalue weighted by Gasteiger charge is -2.18. The Morgan fingerprint density at radius 3 is 1.57 bits per heavy atom. The number of allylic oxidation sites excluding steroid dienone is 1. The molecule has 0 spiro atoms. The van der Waals surface area contributed by atoms with Gasteiger partial charge in [-0.1, -0.05) is 109 Å². The van der Waals surface area contributed by atoms with Crippen LogP contribution in [0.4, 0.5) is 0 Å². The van der Waals surface area contributed by atoms with Gasteiger partial charge in [0.05, 0.1) is 0 Å². The van der Waals surface area contributed by atoms with E-state index in [2.05, 4.69) is 129 Å². The van der Waals surface area contributed by atoms with Gasteiger partial charge in [0, 0.05) is 5.70 Å². The summed E-state index contributed by atoms with van der Waals surface area (Å²) in [5.74, 6) is 0. The lowest BCUT2D eigenvalue weighted by molar-refractivity contribution is 1.34. The van der Waals surface area contributed by atoms with Gasteiger partial charge in [-0.2, -0.15) is 0 Å². The largest absolute Gasteiger partial charge is 0.398 e. The molecule has 0 atom stereocenters. The van der Waals surface area contributed by atoms with Crippen LogP contribution in [0.5, 0.6) is 0 Å². The van der Waals surface area contributed by atoms with Crippen LogP contribution in [-0.4, -0.2) is 0 Å². The van der Waals surface area contributed by atoms with Gasteiger partial charge >= 0.3 is 0 Å². The molecule has 0 unspecified atom stereocenters. The molecule has 2 N–H and O–H groups in total. The molecule has 0 aromatic heterocycles. The summed E-state index contributed by atoms with van der Waals surface area (Å²) in [7, 11) is 0. The SMILES string of the molecule is CC(C)=C(N)c1ccc2ccc(-c3c4ccccc4c(-c4ccccc4)c4ccccc34)cc2c1. The van der Waals surface area contributed by atoms with Gasteiger partial charge < -0.3 is 5.73 Å². The zero-order valence-electron chi connectivity index (χ0n) is 20.0. The Hall–Kier alpha value is -4.36. The van der Waals surface area contributed by atoms with Crippen molar-refractivity contribution in [2.24, 2.45) is 5.73 Å². The van der Waals surface area contributed by atoms with E-state index in [1.165, 1.54) is 54.6 Å². The fourth-order valence-corrected chi connectivity index (χ4v) is 5.21. The van der Waals surface area contributed by atoms with Crippen LogP contribution in [0.25, 0.3) is 60.3 Å². The van der Waals surface area contributed by atoms with Crippen molar-refractivity contribution >= 4 is 38.0 Å². The summed E-state index contributed by atoms with van der Waals surface area (Å²) in [4.78, 5) is 0. The van der Waals surface area contributed by atoms with Crippen LogP contribution in [0.1, 0.15) is 19.4 Å². The first-order valence-electron chi connectivity index (χ1n) is 12.1. The highest BCUT2D eigenvalue weighted by Crippen LogP contribution is 2.44. The van der Waals surface area contributed by atoms with Crippen LogP contribution in [-0.2, 0) is 0 Å². The second-order valence-corrected chi connectivity index (χ2v) is 9.40. The van der Waals surface area contributed by atoms with Gasteiger partial charge in [-0.15, -0.1) is 0 Å². The maximum Gasteiger partial charge on any atom is 0.0374 e. The summed E-state index contributed by atoms with van der Waals surface area (Å²) in [6, 6.07) is 41.6. The standard InChI is InChI=1S/C34H27N/c1-22(2)34(35)26-19-17-23-16-18-25(20-27(23)21-26)33-30-14-8-6-12-28(30)32(24-10-4-3-5-11-24)29-13-7-9-15-31(29)33/h3-21H,35H2,1-2H3. The van der Waals surface area contributed by atoms with Crippen LogP contribution in [0.15, 0.2) is 121 Å². The highest BCUT2D eigenvalue weighted by Gasteiger charge is 2.16. The van der Waals surface area contributed by atoms with Crippen LogP contribution in [0.3, 0.4) is 0 Å². The zero-order chi connectivity index (χ0) is 23.9. The Kier molecular flexibility index (Phi) is 5.12. The predicted octanol–water partition coefficient (Wildman–Crippen LogP) is 9.19. The lowest BCUT2D eigenvalue weighted by Crippen LogP contribution is -1.98. The van der Waals surface area contributed by atoms with E-state index in [9.17, 15) is 0 Å². The van der Waals surface area contributed by atoms with Crippen LogP contribution in [0, 0.1) is 0 Å². The molecule has 0 saturated heterocycles. The molecule has 0 aliphatic rings. The molecule has 35 heavy (non-hydrogen) atoms. The number of fused-ring (bicyclic) bond motifs is 3. The Bertz CT molecular complexity index is 1700. The zero-order valence-corrected chi connectivity index (χ0v) is 20.0. The maximum absolute atomic E-state index is 6.38. The molecule has 0 bridgehead atoms. The Balaban J connectivity index is 1.69. The molecule has 6 aromatic rings. The molecule has 0 saturated carbocycles. The van der Waals surface area contributed by atoms with Crippen molar-refractivity contribution in [2.75, 3.05) is 0 Å². The first-order chi connectivity index (χ1) is 17.1. The summed E-state index contributed by atoms with van der Waals surface area (Å²) in [5.41, 5.74) is 14.5. The molecule has 0 aliphatic carbocycles. The summed E-state index contributed by atoms with van der Waals surface area (Å²) >= 11 is 0. The fourth-order valence-electron chi connectivity index (χ4n) is 5.21. The predicted molar refractivity (Wildman–Crippen MR) is 152 cm³/mol. The average Bonchev–Trinajstić information content (AvgIpc) is 2.91. The molecule has 168 valence electrons. The molecule has 0 fully saturated rings. The Labute approximate surface area is 206 Å². The second-order valence-electron chi connectivity index (χ2n) is 9.40. The summed E-state index contributed by atoms with van der Waals surface area (Å²) in [6.45, 7) is 4.12. The fraction of sp³-hybridized carbons (Fsp3) is 0.0588. The Morgan fingerprint density at radius 2 is 1.00 bits per heavy atom. The van der Waals surface area contributed by atoms with Crippen LogP contribution in [0.2, 0.25) is 0 Å². The van der Waals surface area contributed by atoms with Crippen LogP contribution < -0.4 is 5.73 Å².